The van der Waals surface area contributed by atoms with E-state index in [9.17, 15) is 4.79 Å². The smallest absolute Gasteiger partial charge is 0.277 e. The first-order valence-electron chi connectivity index (χ1n) is 10.9. The van der Waals surface area contributed by atoms with Gasteiger partial charge in [0, 0.05) is 43.0 Å². The van der Waals surface area contributed by atoms with Crippen LogP contribution in [0.1, 0.15) is 35.9 Å². The minimum absolute atomic E-state index is 0.234. The molecule has 0 radical (unpaired) electrons. The van der Waals surface area contributed by atoms with Gasteiger partial charge in [0.1, 0.15) is 6.26 Å². The molecule has 164 valence electrons. The maximum Gasteiger partial charge on any atom is 0.277 e. The minimum atomic E-state index is -0.307. The fourth-order valence-electron chi connectivity index (χ4n) is 4.33. The zero-order valence-corrected chi connectivity index (χ0v) is 18.5. The molecule has 4 heterocycles. The van der Waals surface area contributed by atoms with Gasteiger partial charge in [-0.25, -0.2) is 4.98 Å². The Hall–Kier alpha value is -3.68. The molecule has 5 rings (SSSR count). The second kappa shape index (κ2) is 8.11. The maximum absolute atomic E-state index is 13.1. The van der Waals surface area contributed by atoms with Crippen LogP contribution in [0.15, 0.2) is 47.3 Å². The Labute approximate surface area is 186 Å². The van der Waals surface area contributed by atoms with Gasteiger partial charge in [0.05, 0.1) is 23.1 Å². The van der Waals surface area contributed by atoms with Gasteiger partial charge in [-0.2, -0.15) is 5.10 Å². The number of aryl methyl sites for hydroxylation is 2. The van der Waals surface area contributed by atoms with E-state index < -0.39 is 0 Å². The Morgan fingerprint density at radius 2 is 2.16 bits per heavy atom. The molecule has 32 heavy (non-hydrogen) atoms. The third-order valence-electron chi connectivity index (χ3n) is 5.99. The van der Waals surface area contributed by atoms with Gasteiger partial charge in [0.2, 0.25) is 5.89 Å². The van der Waals surface area contributed by atoms with Crippen molar-refractivity contribution in [1.82, 2.24) is 19.7 Å². The summed E-state index contributed by atoms with van der Waals surface area (Å²) < 4.78 is 7.39. The maximum atomic E-state index is 13.1. The van der Waals surface area contributed by atoms with Crippen LogP contribution >= 0.6 is 0 Å². The molecule has 0 aliphatic carbocycles. The SMILES string of the molecule is Cc1cc(-c2nc(C(=O)Nc3cc4c(cnn4C)cc3N3CCCC(C)C3)co2)ccn1. The molecule has 0 bridgehead atoms. The van der Waals surface area contributed by atoms with E-state index in [2.05, 4.69) is 38.3 Å². The van der Waals surface area contributed by atoms with Gasteiger partial charge in [-0.3, -0.25) is 14.5 Å². The molecule has 0 spiro atoms. The number of hydrogen-bond donors (Lipinski definition) is 1. The van der Waals surface area contributed by atoms with E-state index in [0.29, 0.717) is 11.8 Å². The lowest BCUT2D eigenvalue weighted by molar-refractivity contribution is 0.102. The van der Waals surface area contributed by atoms with Crippen molar-refractivity contribution < 1.29 is 9.21 Å². The monoisotopic (exact) mass is 430 g/mol. The molecular formula is C24H26N6O2. The van der Waals surface area contributed by atoms with Gasteiger partial charge in [0.25, 0.3) is 5.91 Å². The standard InChI is InChI=1S/C24H26N6O2/c1-15-5-4-8-30(13-15)22-10-18-12-26-29(3)21(18)11-19(22)27-23(31)20-14-32-24(28-20)17-6-7-25-16(2)9-17/h6-7,9-12,14-15H,4-5,8,13H2,1-3H3,(H,27,31). The fourth-order valence-corrected chi connectivity index (χ4v) is 4.33. The highest BCUT2D eigenvalue weighted by Gasteiger charge is 2.22. The molecule has 8 nitrogen and oxygen atoms in total. The van der Waals surface area contributed by atoms with E-state index in [-0.39, 0.29) is 11.6 Å². The topological polar surface area (TPSA) is 89.1 Å². The number of fused-ring (bicyclic) bond motifs is 1. The molecule has 4 aromatic rings. The van der Waals surface area contributed by atoms with Crippen LogP contribution in [0.5, 0.6) is 0 Å². The largest absolute Gasteiger partial charge is 0.444 e. The number of rotatable bonds is 4. The Balaban J connectivity index is 1.47. The molecule has 1 aliphatic rings. The van der Waals surface area contributed by atoms with Crippen molar-refractivity contribution in [2.75, 3.05) is 23.3 Å². The van der Waals surface area contributed by atoms with Crippen molar-refractivity contribution in [3.05, 3.63) is 54.3 Å². The number of oxazole rings is 1. The van der Waals surface area contributed by atoms with Gasteiger partial charge in [-0.15, -0.1) is 0 Å². The van der Waals surface area contributed by atoms with Crippen LogP contribution in [0.2, 0.25) is 0 Å². The molecular weight excluding hydrogens is 404 g/mol. The van der Waals surface area contributed by atoms with Crippen LogP contribution < -0.4 is 10.2 Å². The average Bonchev–Trinajstić information content (AvgIpc) is 3.41. The Morgan fingerprint density at radius 3 is 2.97 bits per heavy atom. The van der Waals surface area contributed by atoms with E-state index in [0.717, 1.165) is 53.0 Å². The third-order valence-corrected chi connectivity index (χ3v) is 5.99. The fraction of sp³-hybridized carbons (Fsp3) is 0.333. The molecule has 1 N–H and O–H groups in total. The van der Waals surface area contributed by atoms with Crippen molar-refractivity contribution in [2.45, 2.75) is 26.7 Å². The average molecular weight is 431 g/mol. The van der Waals surface area contributed by atoms with Crippen LogP contribution in [0, 0.1) is 12.8 Å². The predicted molar refractivity (Wildman–Crippen MR) is 124 cm³/mol. The van der Waals surface area contributed by atoms with Crippen molar-refractivity contribution in [3.8, 4) is 11.5 Å². The lowest BCUT2D eigenvalue weighted by Crippen LogP contribution is -2.35. The number of pyridine rings is 1. The molecule has 1 atom stereocenters. The molecule has 1 fully saturated rings. The molecule has 1 saturated heterocycles. The third kappa shape index (κ3) is 3.84. The predicted octanol–water partition coefficient (Wildman–Crippen LogP) is 4.42. The highest BCUT2D eigenvalue weighted by molar-refractivity contribution is 6.06. The van der Waals surface area contributed by atoms with Crippen molar-refractivity contribution >= 4 is 28.2 Å². The van der Waals surface area contributed by atoms with E-state index in [1.807, 2.05) is 43.0 Å². The molecule has 1 aromatic carbocycles. The summed E-state index contributed by atoms with van der Waals surface area (Å²) in [6.45, 7) is 6.10. The number of amides is 1. The Morgan fingerprint density at radius 1 is 1.28 bits per heavy atom. The van der Waals surface area contributed by atoms with Gasteiger partial charge >= 0.3 is 0 Å². The first-order valence-corrected chi connectivity index (χ1v) is 10.9. The number of benzene rings is 1. The summed E-state index contributed by atoms with van der Waals surface area (Å²) in [5.41, 5.74) is 4.61. The lowest BCUT2D eigenvalue weighted by atomic mass is 9.99. The number of carbonyl (C=O) groups excluding carboxylic acids is 1. The summed E-state index contributed by atoms with van der Waals surface area (Å²) in [4.78, 5) is 24.0. The Bertz CT molecular complexity index is 1290. The number of nitrogens with one attached hydrogen (secondary N) is 1. The van der Waals surface area contributed by atoms with Gasteiger partial charge in [0.15, 0.2) is 5.69 Å². The molecule has 1 aliphatic heterocycles. The van der Waals surface area contributed by atoms with Gasteiger partial charge in [-0.1, -0.05) is 6.92 Å². The quantitative estimate of drug-likeness (QED) is 0.516. The highest BCUT2D eigenvalue weighted by Crippen LogP contribution is 2.34. The van der Waals surface area contributed by atoms with Crippen LogP contribution in [0.25, 0.3) is 22.4 Å². The molecule has 3 aromatic heterocycles. The zero-order valence-electron chi connectivity index (χ0n) is 18.5. The first kappa shape index (κ1) is 20.2. The van der Waals surface area contributed by atoms with Crippen molar-refractivity contribution in [2.24, 2.45) is 13.0 Å². The van der Waals surface area contributed by atoms with E-state index >= 15 is 0 Å². The number of hydrogen-bond acceptors (Lipinski definition) is 6. The van der Waals surface area contributed by atoms with Crippen molar-refractivity contribution in [3.63, 3.8) is 0 Å². The summed E-state index contributed by atoms with van der Waals surface area (Å²) in [6.07, 6.45) is 7.31. The number of piperidine rings is 1. The van der Waals surface area contributed by atoms with Gasteiger partial charge in [-0.05, 0) is 49.9 Å². The number of aromatic nitrogens is 4. The molecule has 0 saturated carbocycles. The summed E-state index contributed by atoms with van der Waals surface area (Å²) in [5, 5.41) is 8.49. The summed E-state index contributed by atoms with van der Waals surface area (Å²) >= 11 is 0. The second-order valence-corrected chi connectivity index (χ2v) is 8.57. The summed E-state index contributed by atoms with van der Waals surface area (Å²) in [6, 6.07) is 7.79. The molecule has 8 heteroatoms. The van der Waals surface area contributed by atoms with Gasteiger partial charge < -0.3 is 14.6 Å². The van der Waals surface area contributed by atoms with E-state index in [1.165, 1.54) is 12.7 Å². The van der Waals surface area contributed by atoms with E-state index in [4.69, 9.17) is 4.42 Å². The van der Waals surface area contributed by atoms with E-state index in [1.54, 1.807) is 6.20 Å². The Kier molecular flexibility index (Phi) is 5.13. The minimum Gasteiger partial charge on any atom is -0.444 e. The van der Waals surface area contributed by atoms with Crippen LogP contribution in [0.3, 0.4) is 0 Å². The lowest BCUT2D eigenvalue weighted by Gasteiger charge is -2.34. The highest BCUT2D eigenvalue weighted by atomic mass is 16.3. The van der Waals surface area contributed by atoms with Crippen molar-refractivity contribution in [1.29, 1.82) is 0 Å². The number of nitrogens with zero attached hydrogens (tertiary/aromatic N) is 5. The first-order chi connectivity index (χ1) is 15.5. The second-order valence-electron chi connectivity index (χ2n) is 8.57. The normalized spacial score (nSPS) is 16.5. The van der Waals surface area contributed by atoms with Crippen LogP contribution in [-0.2, 0) is 7.05 Å². The summed E-state index contributed by atoms with van der Waals surface area (Å²) in [5.74, 6) is 0.699. The molecule has 1 unspecified atom stereocenters. The van der Waals surface area contributed by atoms with Crippen LogP contribution in [-0.4, -0.2) is 38.7 Å². The van der Waals surface area contributed by atoms with Crippen LogP contribution in [0.4, 0.5) is 11.4 Å². The summed E-state index contributed by atoms with van der Waals surface area (Å²) in [7, 11) is 1.90. The zero-order chi connectivity index (χ0) is 22.2. The number of anilines is 2. The molecule has 1 amide bonds. The number of carbonyl (C=O) groups is 1.